The summed E-state index contributed by atoms with van der Waals surface area (Å²) >= 11 is 0. The summed E-state index contributed by atoms with van der Waals surface area (Å²) in [6.07, 6.45) is 6.45. The molecule has 2 aromatic carbocycles. The van der Waals surface area contributed by atoms with E-state index < -0.39 is 29.4 Å². The smallest absolute Gasteiger partial charge is 0.341 e. The Morgan fingerprint density at radius 3 is 1.93 bits per heavy atom. The Bertz CT molecular complexity index is 1900. The molecule has 6 aromatic rings. The van der Waals surface area contributed by atoms with Crippen molar-refractivity contribution in [2.45, 2.75) is 0 Å². The lowest BCUT2D eigenvalue weighted by atomic mass is 10.2. The first-order valence-corrected chi connectivity index (χ1v) is 12.3. The van der Waals surface area contributed by atoms with Crippen molar-refractivity contribution >= 4 is 34.0 Å². The topological polar surface area (TPSA) is 139 Å². The van der Waals surface area contributed by atoms with Gasteiger partial charge in [-0.3, -0.25) is 0 Å². The van der Waals surface area contributed by atoms with Gasteiger partial charge in [0, 0.05) is 38.2 Å². The number of carbonyl (C=O) groups excluding carboxylic acids is 2. The van der Waals surface area contributed by atoms with Gasteiger partial charge in [-0.05, 0) is 48.5 Å². The third-order valence-electron chi connectivity index (χ3n) is 5.67. The predicted molar refractivity (Wildman–Crippen MR) is 154 cm³/mol. The zero-order valence-corrected chi connectivity index (χ0v) is 22.6. The highest BCUT2D eigenvalue weighted by atomic mass is 19.1. The molecule has 4 aromatic heterocycles. The number of benzene rings is 2. The summed E-state index contributed by atoms with van der Waals surface area (Å²) in [7, 11) is 2.38. The summed E-state index contributed by atoms with van der Waals surface area (Å²) in [6, 6.07) is 13.4. The van der Waals surface area contributed by atoms with Crippen LogP contribution >= 0.6 is 0 Å². The number of nitrogens with one attached hydrogen (secondary N) is 2. The van der Waals surface area contributed by atoms with Gasteiger partial charge >= 0.3 is 11.9 Å². The Morgan fingerprint density at radius 2 is 1.30 bits per heavy atom. The van der Waals surface area contributed by atoms with Crippen molar-refractivity contribution in [1.29, 1.82) is 0 Å². The minimum absolute atomic E-state index is 0. The van der Waals surface area contributed by atoms with Crippen LogP contribution in [0.5, 0.6) is 17.2 Å². The van der Waals surface area contributed by atoms with Gasteiger partial charge in [0.2, 0.25) is 0 Å². The van der Waals surface area contributed by atoms with Gasteiger partial charge in [0.05, 0.1) is 32.2 Å². The highest BCUT2D eigenvalue weighted by molar-refractivity contribution is 5.92. The fourth-order valence-electron chi connectivity index (χ4n) is 3.65. The van der Waals surface area contributed by atoms with Gasteiger partial charge in [-0.1, -0.05) is 0 Å². The second kappa shape index (κ2) is 13.7. The summed E-state index contributed by atoms with van der Waals surface area (Å²) in [6.45, 7) is 0. The molecule has 0 aliphatic carbocycles. The number of aromatic nitrogens is 4. The largest absolute Gasteiger partial charge is 0.506 e. The Morgan fingerprint density at radius 1 is 0.744 bits per heavy atom. The number of hydrogen-bond acceptors (Lipinski definition) is 8. The van der Waals surface area contributed by atoms with Crippen LogP contribution in [0.1, 0.15) is 23.6 Å². The van der Waals surface area contributed by atoms with Crippen LogP contribution in [-0.2, 0) is 9.47 Å². The van der Waals surface area contributed by atoms with Crippen LogP contribution in [0.15, 0.2) is 85.5 Å². The van der Waals surface area contributed by atoms with Crippen molar-refractivity contribution in [2.24, 2.45) is 0 Å². The first kappa shape index (κ1) is 30.1. The van der Waals surface area contributed by atoms with E-state index in [1.165, 1.54) is 31.6 Å². The average molecular weight is 597 g/mol. The maximum atomic E-state index is 13.4. The molecular formula is C30H27F3N4O6. The number of pyridine rings is 2. The molecule has 0 fully saturated rings. The molecule has 4 heterocycles. The third-order valence-corrected chi connectivity index (χ3v) is 5.67. The van der Waals surface area contributed by atoms with Crippen molar-refractivity contribution in [2.75, 3.05) is 14.2 Å². The number of rotatable bonds is 4. The van der Waals surface area contributed by atoms with Gasteiger partial charge in [0.25, 0.3) is 0 Å². The molecule has 0 atom stereocenters. The zero-order valence-electron chi connectivity index (χ0n) is 22.6. The molecule has 0 saturated heterocycles. The Kier molecular flexibility index (Phi) is 9.58. The van der Waals surface area contributed by atoms with Crippen molar-refractivity contribution in [1.82, 2.24) is 19.9 Å². The van der Waals surface area contributed by atoms with Crippen LogP contribution in [0.25, 0.3) is 22.1 Å². The highest BCUT2D eigenvalue weighted by Crippen LogP contribution is 2.28. The number of H-pyrrole nitrogens is 2. The number of carbonyl (C=O) groups is 2. The van der Waals surface area contributed by atoms with E-state index in [1.54, 1.807) is 24.5 Å². The van der Waals surface area contributed by atoms with Crippen LogP contribution in [0.2, 0.25) is 0 Å². The standard InChI is InChI=1S/C15H11FN2O3.C8H6F2O2.C7H6N2O.2H2/c1-20-15(19)12-3-2-10(16)7-13(12)21-11-6-9-4-5-17-14(9)18-8-11;1-12-8(11)6-3-2-5(9)4-7(6)10;10-6-3-5-1-2-8-7(5)9-4-6;;/h2-8H,1H3,(H,17,18);2-4H,1H3;1-4,10H,(H,8,9);2*1H. The lowest BCUT2D eigenvalue weighted by molar-refractivity contribution is 0.0587. The molecule has 3 N–H and O–H groups in total. The van der Waals surface area contributed by atoms with Gasteiger partial charge in [-0.25, -0.2) is 32.7 Å². The molecule has 43 heavy (non-hydrogen) atoms. The number of nitrogens with zero attached hydrogens (tertiary/aromatic N) is 2. The Hall–Kier alpha value is -5.85. The minimum Gasteiger partial charge on any atom is -0.506 e. The number of fused-ring (bicyclic) bond motifs is 2. The number of halogens is 3. The lowest BCUT2D eigenvalue weighted by Crippen LogP contribution is -2.04. The highest BCUT2D eigenvalue weighted by Gasteiger charge is 2.15. The van der Waals surface area contributed by atoms with Crippen molar-refractivity contribution in [3.05, 3.63) is 114 Å². The molecule has 0 saturated carbocycles. The Balaban J connectivity index is 0.000000251. The van der Waals surface area contributed by atoms with E-state index in [0.29, 0.717) is 11.8 Å². The van der Waals surface area contributed by atoms with Crippen molar-refractivity contribution in [3.63, 3.8) is 0 Å². The van der Waals surface area contributed by atoms with Gasteiger partial charge in [-0.15, -0.1) is 0 Å². The molecular weight excluding hydrogens is 569 g/mol. The Labute approximate surface area is 244 Å². The first-order chi connectivity index (χ1) is 20.7. The first-order valence-electron chi connectivity index (χ1n) is 12.3. The van der Waals surface area contributed by atoms with E-state index in [-0.39, 0.29) is 25.5 Å². The van der Waals surface area contributed by atoms with E-state index in [9.17, 15) is 22.8 Å². The van der Waals surface area contributed by atoms with E-state index >= 15 is 0 Å². The van der Waals surface area contributed by atoms with Gasteiger partial charge in [-0.2, -0.15) is 0 Å². The summed E-state index contributed by atoms with van der Waals surface area (Å²) in [5.74, 6) is -2.87. The van der Waals surface area contributed by atoms with E-state index in [1.807, 2.05) is 12.1 Å². The monoisotopic (exact) mass is 596 g/mol. The van der Waals surface area contributed by atoms with E-state index in [4.69, 9.17) is 9.84 Å². The summed E-state index contributed by atoms with van der Waals surface area (Å²) < 4.78 is 52.9. The van der Waals surface area contributed by atoms with Crippen molar-refractivity contribution in [3.8, 4) is 17.2 Å². The molecule has 0 bridgehead atoms. The van der Waals surface area contributed by atoms with Crippen LogP contribution in [0, 0.1) is 17.5 Å². The quantitative estimate of drug-likeness (QED) is 0.189. The second-order valence-electron chi connectivity index (χ2n) is 8.55. The number of esters is 2. The molecule has 6 rings (SSSR count). The van der Waals surface area contributed by atoms with Gasteiger partial charge in [0.1, 0.15) is 51.6 Å². The van der Waals surface area contributed by atoms with Crippen molar-refractivity contribution < 1.29 is 44.9 Å². The predicted octanol–water partition coefficient (Wildman–Crippen LogP) is 6.79. The minimum atomic E-state index is -0.915. The zero-order chi connectivity index (χ0) is 30.9. The van der Waals surface area contributed by atoms with E-state index in [0.717, 1.165) is 47.4 Å². The van der Waals surface area contributed by atoms with Crippen LogP contribution in [-0.4, -0.2) is 51.2 Å². The molecule has 13 heteroatoms. The molecule has 0 aliphatic heterocycles. The van der Waals surface area contributed by atoms with Gasteiger partial charge in [0.15, 0.2) is 0 Å². The summed E-state index contributed by atoms with van der Waals surface area (Å²) in [5, 5.41) is 10.8. The normalized spacial score (nSPS) is 10.3. The number of aromatic amines is 2. The molecule has 224 valence electrons. The fraction of sp³-hybridized carbons (Fsp3) is 0.0667. The van der Waals surface area contributed by atoms with Gasteiger partial charge < -0.3 is 29.3 Å². The lowest BCUT2D eigenvalue weighted by Gasteiger charge is -2.09. The number of methoxy groups -OCH3 is 2. The van der Waals surface area contributed by atoms with E-state index in [2.05, 4.69) is 29.4 Å². The second-order valence-corrected chi connectivity index (χ2v) is 8.55. The number of ether oxygens (including phenoxy) is 3. The maximum Gasteiger partial charge on any atom is 0.341 e. The summed E-state index contributed by atoms with van der Waals surface area (Å²) in [5.41, 5.74) is 1.40. The SMILES string of the molecule is COC(=O)c1ccc(F)cc1F.COC(=O)c1ccc(F)cc1Oc1cnc2[nH]ccc2c1.Oc1cnc2[nH]ccc2c1.[HH].[HH]. The molecule has 0 radical (unpaired) electrons. The number of hydrogen-bond donors (Lipinski definition) is 3. The molecule has 0 unspecified atom stereocenters. The molecule has 0 aliphatic rings. The van der Waals surface area contributed by atoms with Crippen LogP contribution in [0.3, 0.4) is 0 Å². The summed E-state index contributed by atoms with van der Waals surface area (Å²) in [4.78, 5) is 36.4. The molecule has 10 nitrogen and oxygen atoms in total. The molecule has 0 amide bonds. The molecule has 0 spiro atoms. The average Bonchev–Trinajstić information content (AvgIpc) is 3.66. The maximum absolute atomic E-state index is 13.4. The van der Waals surface area contributed by atoms with Crippen LogP contribution < -0.4 is 4.74 Å². The number of aromatic hydroxyl groups is 1. The third kappa shape index (κ3) is 7.67. The fourth-order valence-corrected chi connectivity index (χ4v) is 3.65. The van der Waals surface area contributed by atoms with Crippen LogP contribution in [0.4, 0.5) is 13.2 Å².